The molecule has 94 valence electrons. The molecule has 2 aromatic carbocycles. The van der Waals surface area contributed by atoms with E-state index in [1.54, 1.807) is 31.2 Å². The van der Waals surface area contributed by atoms with Gasteiger partial charge >= 0.3 is 5.97 Å². The third-order valence-corrected chi connectivity index (χ3v) is 3.38. The van der Waals surface area contributed by atoms with E-state index in [9.17, 15) is 15.0 Å². The normalized spacial score (nSPS) is 10.6. The molecule has 0 bridgehead atoms. The van der Waals surface area contributed by atoms with Crippen LogP contribution in [0.5, 0.6) is 11.5 Å². The zero-order valence-corrected chi connectivity index (χ0v) is 11.2. The van der Waals surface area contributed by atoms with Crippen molar-refractivity contribution < 1.29 is 19.7 Å². The Kier molecular flexibility index (Phi) is 3.43. The first kappa shape index (κ1) is 12.7. The van der Waals surface area contributed by atoms with E-state index in [1.807, 2.05) is 0 Å². The van der Waals surface area contributed by atoms with Gasteiger partial charge in [-0.25, -0.2) is 4.79 Å². The second kappa shape index (κ2) is 4.86. The van der Waals surface area contributed by atoms with Gasteiger partial charge in [0.15, 0.2) is 0 Å². The fourth-order valence-electron chi connectivity index (χ4n) is 1.76. The fourth-order valence-corrected chi connectivity index (χ4v) is 2.31. The average molecular weight is 311 g/mol. The van der Waals surface area contributed by atoms with Crippen molar-refractivity contribution in [2.45, 2.75) is 6.92 Å². The predicted molar refractivity (Wildman–Crippen MR) is 70.9 cm³/mol. The van der Waals surface area contributed by atoms with E-state index in [-0.39, 0.29) is 23.7 Å². The third kappa shape index (κ3) is 1.90. The van der Waals surface area contributed by atoms with Crippen LogP contribution in [0, 0.1) is 0 Å². The van der Waals surface area contributed by atoms with Crippen LogP contribution in [0.3, 0.4) is 0 Å². The highest BCUT2D eigenvalue weighted by Gasteiger charge is 2.23. The van der Waals surface area contributed by atoms with Crippen molar-refractivity contribution in [3.63, 3.8) is 0 Å². The molecule has 0 aromatic heterocycles. The van der Waals surface area contributed by atoms with Crippen LogP contribution in [-0.4, -0.2) is 22.8 Å². The molecule has 0 heterocycles. The summed E-state index contributed by atoms with van der Waals surface area (Å²) in [5, 5.41) is 21.1. The number of esters is 1. The van der Waals surface area contributed by atoms with E-state index < -0.39 is 5.97 Å². The Morgan fingerprint density at radius 2 is 1.83 bits per heavy atom. The first-order chi connectivity index (χ1) is 8.57. The Morgan fingerprint density at radius 3 is 2.44 bits per heavy atom. The number of phenolic OH excluding ortho intramolecular Hbond substituents is 2. The molecule has 18 heavy (non-hydrogen) atoms. The number of phenols is 2. The lowest BCUT2D eigenvalue weighted by molar-refractivity contribution is 0.0520. The van der Waals surface area contributed by atoms with Crippen molar-refractivity contribution in [3.05, 3.63) is 34.3 Å². The van der Waals surface area contributed by atoms with E-state index >= 15 is 0 Å². The zero-order chi connectivity index (χ0) is 13.3. The minimum absolute atomic E-state index is 0.169. The van der Waals surface area contributed by atoms with Gasteiger partial charge in [-0.3, -0.25) is 0 Å². The van der Waals surface area contributed by atoms with E-state index in [2.05, 4.69) is 15.9 Å². The molecule has 2 rings (SSSR count). The van der Waals surface area contributed by atoms with Crippen LogP contribution in [0.1, 0.15) is 17.3 Å². The van der Waals surface area contributed by atoms with E-state index in [4.69, 9.17) is 4.74 Å². The number of halogens is 1. The highest BCUT2D eigenvalue weighted by atomic mass is 79.9. The van der Waals surface area contributed by atoms with Gasteiger partial charge in [-0.2, -0.15) is 0 Å². The highest BCUT2D eigenvalue weighted by molar-refractivity contribution is 9.10. The number of rotatable bonds is 2. The van der Waals surface area contributed by atoms with Crippen molar-refractivity contribution >= 4 is 32.7 Å². The zero-order valence-electron chi connectivity index (χ0n) is 9.61. The molecule has 2 aromatic rings. The summed E-state index contributed by atoms with van der Waals surface area (Å²) in [5.74, 6) is -1.34. The fraction of sp³-hybridized carbons (Fsp3) is 0.154. The number of fused-ring (bicyclic) bond motifs is 1. The SMILES string of the molecule is CCOC(=O)c1c(O)c(Br)c2ccccc2c1O. The molecular weight excluding hydrogens is 300 g/mol. The summed E-state index contributed by atoms with van der Waals surface area (Å²) < 4.78 is 5.17. The van der Waals surface area contributed by atoms with Crippen molar-refractivity contribution in [2.75, 3.05) is 6.61 Å². The molecule has 5 heteroatoms. The molecule has 0 fully saturated rings. The van der Waals surface area contributed by atoms with Crippen LogP contribution in [0.15, 0.2) is 28.7 Å². The first-order valence-corrected chi connectivity index (χ1v) is 6.16. The van der Waals surface area contributed by atoms with Gasteiger partial charge in [-0.05, 0) is 22.9 Å². The summed E-state index contributed by atoms with van der Waals surface area (Å²) in [5.41, 5.74) is -0.220. The van der Waals surface area contributed by atoms with E-state index in [0.717, 1.165) is 0 Å². The van der Waals surface area contributed by atoms with E-state index in [1.165, 1.54) is 0 Å². The van der Waals surface area contributed by atoms with Crippen LogP contribution in [0.25, 0.3) is 10.8 Å². The van der Waals surface area contributed by atoms with Crippen molar-refractivity contribution in [1.82, 2.24) is 0 Å². The molecule has 0 unspecified atom stereocenters. The van der Waals surface area contributed by atoms with Crippen LogP contribution < -0.4 is 0 Å². The van der Waals surface area contributed by atoms with E-state index in [0.29, 0.717) is 15.2 Å². The number of ether oxygens (including phenoxy) is 1. The largest absolute Gasteiger partial charge is 0.506 e. The third-order valence-electron chi connectivity index (χ3n) is 2.58. The molecule has 2 N–H and O–H groups in total. The second-order valence-corrected chi connectivity index (χ2v) is 4.45. The Morgan fingerprint density at radius 1 is 1.22 bits per heavy atom. The molecule has 0 aliphatic rings. The Hall–Kier alpha value is -1.75. The Bertz CT molecular complexity index is 622. The van der Waals surface area contributed by atoms with Gasteiger partial charge in [0, 0.05) is 10.8 Å². The van der Waals surface area contributed by atoms with Crippen LogP contribution in [0.4, 0.5) is 0 Å². The summed E-state index contributed by atoms with van der Waals surface area (Å²) >= 11 is 3.22. The van der Waals surface area contributed by atoms with Gasteiger partial charge < -0.3 is 14.9 Å². The van der Waals surface area contributed by atoms with Gasteiger partial charge in [-0.1, -0.05) is 24.3 Å². The summed E-state index contributed by atoms with van der Waals surface area (Å²) in [6.45, 7) is 1.82. The summed E-state index contributed by atoms with van der Waals surface area (Å²) in [6, 6.07) is 6.90. The van der Waals surface area contributed by atoms with Gasteiger partial charge in [0.1, 0.15) is 17.1 Å². The quantitative estimate of drug-likeness (QED) is 0.836. The topological polar surface area (TPSA) is 66.8 Å². The number of benzene rings is 2. The minimum atomic E-state index is -0.751. The number of aromatic hydroxyl groups is 2. The van der Waals surface area contributed by atoms with Gasteiger partial charge in [0.05, 0.1) is 11.1 Å². The number of hydrogen-bond donors (Lipinski definition) is 2. The van der Waals surface area contributed by atoms with Crippen LogP contribution in [0.2, 0.25) is 0 Å². The first-order valence-electron chi connectivity index (χ1n) is 5.37. The molecule has 4 nitrogen and oxygen atoms in total. The average Bonchev–Trinajstić information content (AvgIpc) is 2.37. The smallest absolute Gasteiger partial charge is 0.345 e. The molecule has 0 aliphatic carbocycles. The summed E-state index contributed by atoms with van der Waals surface area (Å²) in [4.78, 5) is 11.7. The number of hydrogen-bond acceptors (Lipinski definition) is 4. The van der Waals surface area contributed by atoms with Gasteiger partial charge in [-0.15, -0.1) is 0 Å². The predicted octanol–water partition coefficient (Wildman–Crippen LogP) is 3.19. The van der Waals surface area contributed by atoms with Crippen LogP contribution >= 0.6 is 15.9 Å². The Balaban J connectivity index is 2.78. The van der Waals surface area contributed by atoms with Crippen molar-refractivity contribution in [2.24, 2.45) is 0 Å². The molecule has 0 aliphatic heterocycles. The van der Waals surface area contributed by atoms with Crippen molar-refractivity contribution in [3.8, 4) is 11.5 Å². The molecule has 0 saturated carbocycles. The molecule has 0 saturated heterocycles. The molecular formula is C13H11BrO4. The molecule has 0 radical (unpaired) electrons. The lowest BCUT2D eigenvalue weighted by Crippen LogP contribution is -2.06. The number of carbonyl (C=O) groups excluding carboxylic acids is 1. The molecule has 0 amide bonds. The molecule has 0 spiro atoms. The monoisotopic (exact) mass is 310 g/mol. The lowest BCUT2D eigenvalue weighted by atomic mass is 10.0. The van der Waals surface area contributed by atoms with Gasteiger partial charge in [0.25, 0.3) is 0 Å². The maximum Gasteiger partial charge on any atom is 0.345 e. The van der Waals surface area contributed by atoms with Crippen LogP contribution in [-0.2, 0) is 4.74 Å². The van der Waals surface area contributed by atoms with Crippen molar-refractivity contribution in [1.29, 1.82) is 0 Å². The highest BCUT2D eigenvalue weighted by Crippen LogP contribution is 2.42. The minimum Gasteiger partial charge on any atom is -0.506 e. The molecule has 0 atom stereocenters. The maximum absolute atomic E-state index is 11.7. The second-order valence-electron chi connectivity index (χ2n) is 3.65. The number of carbonyl (C=O) groups is 1. The van der Waals surface area contributed by atoms with Gasteiger partial charge in [0.2, 0.25) is 0 Å². The standard InChI is InChI=1S/C13H11BrO4/c1-2-18-13(17)9-11(15)8-6-4-3-5-7(8)10(14)12(9)16/h3-6,15-16H,2H2,1H3. The maximum atomic E-state index is 11.7. The Labute approximate surface area is 112 Å². The summed E-state index contributed by atoms with van der Waals surface area (Å²) in [7, 11) is 0. The summed E-state index contributed by atoms with van der Waals surface area (Å²) in [6.07, 6.45) is 0. The lowest BCUT2D eigenvalue weighted by Gasteiger charge is -2.11.